The second-order valence-corrected chi connectivity index (χ2v) is 11.1. The maximum atomic E-state index is 13.4. The summed E-state index contributed by atoms with van der Waals surface area (Å²) in [5, 5.41) is 0.943. The number of ketones is 1. The molecule has 3 fully saturated rings. The van der Waals surface area contributed by atoms with E-state index in [2.05, 4.69) is 24.0 Å². The van der Waals surface area contributed by atoms with E-state index < -0.39 is 0 Å². The van der Waals surface area contributed by atoms with Crippen molar-refractivity contribution in [2.75, 3.05) is 24.7 Å². The molecule has 3 aliphatic rings. The second kappa shape index (κ2) is 9.34. The lowest BCUT2D eigenvalue weighted by Gasteiger charge is -2.24. The molecule has 178 valence electrons. The van der Waals surface area contributed by atoms with Crippen molar-refractivity contribution < 1.29 is 9.53 Å². The molecule has 0 amide bonds. The highest BCUT2D eigenvalue weighted by atomic mass is 32.1. The van der Waals surface area contributed by atoms with Gasteiger partial charge in [0, 0.05) is 38.0 Å². The molecular formula is C27H32N4O2S. The van der Waals surface area contributed by atoms with Gasteiger partial charge in [-0.05, 0) is 50.0 Å². The van der Waals surface area contributed by atoms with Crippen LogP contribution < -0.4 is 4.90 Å². The Bertz CT molecular complexity index is 1170. The number of Topliss-reactive ketones (excluding diaryl/α,β-unsaturated/α-hetero) is 1. The molecule has 6 rings (SSSR count). The standard InChI is InChI=1S/C27H32N4O2S/c1-17(18-6-3-2-4-7-18)16-22(32)21-8-5-13-31(21)27-30-26-24(34-27)23(19-9-10-19)28-25(29-26)20-11-14-33-15-12-20/h2-4,6-7,17,19-21H,5,8-16H2,1H3/t17-,21+/m0/s1. The maximum Gasteiger partial charge on any atom is 0.188 e. The van der Waals surface area contributed by atoms with Gasteiger partial charge < -0.3 is 9.64 Å². The Hall–Kier alpha value is -2.38. The summed E-state index contributed by atoms with van der Waals surface area (Å²) < 4.78 is 6.68. The molecule has 0 unspecified atom stereocenters. The first-order valence-electron chi connectivity index (χ1n) is 12.8. The Morgan fingerprint density at radius 1 is 1.06 bits per heavy atom. The molecule has 2 atom stereocenters. The number of rotatable bonds is 7. The third-order valence-electron chi connectivity index (χ3n) is 7.58. The lowest BCUT2D eigenvalue weighted by molar-refractivity contribution is -0.120. The minimum Gasteiger partial charge on any atom is -0.381 e. The number of carbonyl (C=O) groups is 1. The first-order valence-corrected chi connectivity index (χ1v) is 13.6. The normalized spacial score (nSPS) is 22.4. The number of ether oxygens (including phenoxy) is 1. The number of fused-ring (bicyclic) bond motifs is 1. The van der Waals surface area contributed by atoms with Gasteiger partial charge in [0.2, 0.25) is 0 Å². The highest BCUT2D eigenvalue weighted by molar-refractivity contribution is 7.22. The minimum absolute atomic E-state index is 0.0842. The molecule has 2 aromatic heterocycles. The number of thiazole rings is 1. The van der Waals surface area contributed by atoms with Crippen molar-refractivity contribution >= 4 is 32.6 Å². The average molecular weight is 477 g/mol. The van der Waals surface area contributed by atoms with Crippen LogP contribution in [-0.2, 0) is 9.53 Å². The van der Waals surface area contributed by atoms with Crippen LogP contribution in [0.15, 0.2) is 30.3 Å². The molecule has 1 saturated carbocycles. The summed E-state index contributed by atoms with van der Waals surface area (Å²) in [4.78, 5) is 30.6. The summed E-state index contributed by atoms with van der Waals surface area (Å²) in [7, 11) is 0. The molecule has 1 aliphatic carbocycles. The van der Waals surface area contributed by atoms with Gasteiger partial charge in [0.25, 0.3) is 0 Å². The van der Waals surface area contributed by atoms with E-state index in [1.54, 1.807) is 11.3 Å². The van der Waals surface area contributed by atoms with Crippen molar-refractivity contribution in [3.63, 3.8) is 0 Å². The van der Waals surface area contributed by atoms with Gasteiger partial charge in [-0.15, -0.1) is 0 Å². The molecular weight excluding hydrogens is 444 g/mol. The SMILES string of the molecule is C[C@@H](CC(=O)[C@H]1CCCN1c1nc2nc(C3CCOCC3)nc(C3CC3)c2s1)c1ccccc1. The molecule has 1 aromatic carbocycles. The van der Waals surface area contributed by atoms with E-state index in [0.29, 0.717) is 24.0 Å². The number of hydrogen-bond acceptors (Lipinski definition) is 7. The molecule has 0 N–H and O–H groups in total. The van der Waals surface area contributed by atoms with Crippen molar-refractivity contribution in [1.82, 2.24) is 15.0 Å². The summed E-state index contributed by atoms with van der Waals surface area (Å²) in [5.41, 5.74) is 3.24. The van der Waals surface area contributed by atoms with Crippen LogP contribution in [0.4, 0.5) is 5.13 Å². The summed E-state index contributed by atoms with van der Waals surface area (Å²) in [6, 6.07) is 10.3. The number of hydrogen-bond donors (Lipinski definition) is 0. The zero-order valence-electron chi connectivity index (χ0n) is 19.8. The Balaban J connectivity index is 1.27. The molecule has 7 heteroatoms. The lowest BCUT2D eigenvalue weighted by Crippen LogP contribution is -2.36. The smallest absolute Gasteiger partial charge is 0.188 e. The molecule has 4 heterocycles. The molecule has 3 aromatic rings. The summed E-state index contributed by atoms with van der Waals surface area (Å²) in [5.74, 6) is 2.40. The van der Waals surface area contributed by atoms with Crippen LogP contribution in [-0.4, -0.2) is 46.5 Å². The van der Waals surface area contributed by atoms with Gasteiger partial charge in [0.05, 0.1) is 16.4 Å². The van der Waals surface area contributed by atoms with E-state index in [-0.39, 0.29) is 12.0 Å². The largest absolute Gasteiger partial charge is 0.381 e. The van der Waals surface area contributed by atoms with Crippen molar-refractivity contribution in [3.05, 3.63) is 47.4 Å². The average Bonchev–Trinajstić information content (AvgIpc) is 3.43. The fraction of sp³-hybridized carbons (Fsp3) is 0.556. The van der Waals surface area contributed by atoms with E-state index in [0.717, 1.165) is 66.7 Å². The quantitative estimate of drug-likeness (QED) is 0.443. The predicted octanol–water partition coefficient (Wildman–Crippen LogP) is 5.59. The minimum atomic E-state index is -0.0842. The Kier molecular flexibility index (Phi) is 6.08. The fourth-order valence-electron chi connectivity index (χ4n) is 5.41. The summed E-state index contributed by atoms with van der Waals surface area (Å²) in [6.45, 7) is 4.60. The van der Waals surface area contributed by atoms with Crippen LogP contribution >= 0.6 is 11.3 Å². The highest BCUT2D eigenvalue weighted by Gasteiger charge is 2.35. The third-order valence-corrected chi connectivity index (χ3v) is 8.69. The summed E-state index contributed by atoms with van der Waals surface area (Å²) >= 11 is 1.69. The first kappa shape index (κ1) is 22.1. The van der Waals surface area contributed by atoms with Crippen LogP contribution in [0.25, 0.3) is 10.3 Å². The Morgan fingerprint density at radius 3 is 2.62 bits per heavy atom. The fourth-order valence-corrected chi connectivity index (χ4v) is 6.56. The number of anilines is 1. The van der Waals surface area contributed by atoms with Crippen molar-refractivity contribution in [2.45, 2.75) is 75.7 Å². The number of nitrogens with zero attached hydrogens (tertiary/aromatic N) is 4. The van der Waals surface area contributed by atoms with Gasteiger partial charge in [0.1, 0.15) is 5.82 Å². The monoisotopic (exact) mass is 476 g/mol. The predicted molar refractivity (Wildman–Crippen MR) is 135 cm³/mol. The van der Waals surface area contributed by atoms with Gasteiger partial charge >= 0.3 is 0 Å². The molecule has 2 aliphatic heterocycles. The van der Waals surface area contributed by atoms with Crippen LogP contribution in [0, 0.1) is 0 Å². The van der Waals surface area contributed by atoms with E-state index >= 15 is 0 Å². The van der Waals surface area contributed by atoms with Crippen molar-refractivity contribution in [3.8, 4) is 0 Å². The van der Waals surface area contributed by atoms with E-state index in [4.69, 9.17) is 19.7 Å². The summed E-state index contributed by atoms with van der Waals surface area (Å²) in [6.07, 6.45) is 6.87. The van der Waals surface area contributed by atoms with Gasteiger partial charge in [-0.25, -0.2) is 9.97 Å². The molecule has 2 saturated heterocycles. The molecule has 0 bridgehead atoms. The van der Waals surface area contributed by atoms with Crippen LogP contribution in [0.5, 0.6) is 0 Å². The molecule has 6 nitrogen and oxygen atoms in total. The number of benzene rings is 1. The molecule has 34 heavy (non-hydrogen) atoms. The third kappa shape index (κ3) is 4.36. The van der Waals surface area contributed by atoms with Crippen molar-refractivity contribution in [1.29, 1.82) is 0 Å². The zero-order chi connectivity index (χ0) is 23.1. The zero-order valence-corrected chi connectivity index (χ0v) is 20.6. The molecule has 0 spiro atoms. The molecule has 0 radical (unpaired) electrons. The Labute approximate surface area is 204 Å². The number of carbonyl (C=O) groups excluding carboxylic acids is 1. The second-order valence-electron chi connectivity index (χ2n) is 10.1. The van der Waals surface area contributed by atoms with Crippen molar-refractivity contribution in [2.24, 2.45) is 0 Å². The first-order chi connectivity index (χ1) is 16.7. The Morgan fingerprint density at radius 2 is 1.85 bits per heavy atom. The topological polar surface area (TPSA) is 68.2 Å². The van der Waals surface area contributed by atoms with Crippen LogP contribution in [0.1, 0.15) is 86.7 Å². The van der Waals surface area contributed by atoms with E-state index in [9.17, 15) is 4.79 Å². The van der Waals surface area contributed by atoms with Gasteiger partial charge in [-0.3, -0.25) is 4.79 Å². The highest BCUT2D eigenvalue weighted by Crippen LogP contribution is 2.45. The maximum absolute atomic E-state index is 13.4. The van der Waals surface area contributed by atoms with Crippen LogP contribution in [0.2, 0.25) is 0 Å². The van der Waals surface area contributed by atoms with E-state index in [1.807, 2.05) is 18.2 Å². The van der Waals surface area contributed by atoms with E-state index in [1.165, 1.54) is 24.1 Å². The van der Waals surface area contributed by atoms with Gasteiger partial charge in [0.15, 0.2) is 16.6 Å². The van der Waals surface area contributed by atoms with Crippen LogP contribution in [0.3, 0.4) is 0 Å². The number of aromatic nitrogens is 3. The lowest BCUT2D eigenvalue weighted by atomic mass is 9.93. The van der Waals surface area contributed by atoms with Gasteiger partial charge in [-0.1, -0.05) is 48.6 Å². The van der Waals surface area contributed by atoms with Gasteiger partial charge in [-0.2, -0.15) is 4.98 Å².